The fourth-order valence-corrected chi connectivity index (χ4v) is 3.21. The molecule has 2 rings (SSSR count). The molecule has 20 heavy (non-hydrogen) atoms. The van der Waals surface area contributed by atoms with Gasteiger partial charge in [0.1, 0.15) is 4.90 Å². The van der Waals surface area contributed by atoms with E-state index >= 15 is 0 Å². The van der Waals surface area contributed by atoms with Crippen LogP contribution in [0.5, 0.6) is 0 Å². The van der Waals surface area contributed by atoms with Gasteiger partial charge in [0.25, 0.3) is 5.91 Å². The van der Waals surface area contributed by atoms with Crippen molar-refractivity contribution >= 4 is 15.9 Å². The quantitative estimate of drug-likeness (QED) is 0.803. The molecule has 0 aromatic carbocycles. The van der Waals surface area contributed by atoms with Crippen LogP contribution in [0.1, 0.15) is 49.3 Å². The SMILES string of the molecule is CCCN(C(=O)c1n[nH]c(CC)c1S(N)(=O)=O)C1CC1. The molecule has 1 saturated carbocycles. The van der Waals surface area contributed by atoms with Crippen molar-refractivity contribution < 1.29 is 13.2 Å². The smallest absolute Gasteiger partial charge is 0.276 e. The predicted molar refractivity (Wildman–Crippen MR) is 73.7 cm³/mol. The number of aromatic nitrogens is 2. The molecule has 0 aliphatic heterocycles. The summed E-state index contributed by atoms with van der Waals surface area (Å²) in [7, 11) is -3.97. The highest BCUT2D eigenvalue weighted by molar-refractivity contribution is 7.89. The van der Waals surface area contributed by atoms with Crippen molar-refractivity contribution in [3.63, 3.8) is 0 Å². The molecule has 0 radical (unpaired) electrons. The van der Waals surface area contributed by atoms with E-state index in [9.17, 15) is 13.2 Å². The van der Waals surface area contributed by atoms with E-state index in [-0.39, 0.29) is 22.5 Å². The number of amides is 1. The Balaban J connectivity index is 2.41. The van der Waals surface area contributed by atoms with Crippen LogP contribution in [-0.4, -0.2) is 42.0 Å². The van der Waals surface area contributed by atoms with Gasteiger partial charge in [-0.25, -0.2) is 13.6 Å². The summed E-state index contributed by atoms with van der Waals surface area (Å²) >= 11 is 0. The summed E-state index contributed by atoms with van der Waals surface area (Å²) in [6.45, 7) is 4.36. The Bertz CT molecular complexity index is 604. The average Bonchev–Trinajstić information content (AvgIpc) is 3.11. The molecule has 7 nitrogen and oxygen atoms in total. The van der Waals surface area contributed by atoms with Gasteiger partial charge < -0.3 is 4.90 Å². The molecule has 0 spiro atoms. The number of aromatic amines is 1. The van der Waals surface area contributed by atoms with Crippen LogP contribution in [0, 0.1) is 0 Å². The Morgan fingerprint density at radius 2 is 2.10 bits per heavy atom. The first-order chi connectivity index (χ1) is 9.40. The monoisotopic (exact) mass is 300 g/mol. The number of carbonyl (C=O) groups excluding carboxylic acids is 1. The van der Waals surface area contributed by atoms with Crippen molar-refractivity contribution in [2.45, 2.75) is 50.5 Å². The van der Waals surface area contributed by atoms with Crippen LogP contribution in [0.15, 0.2) is 4.90 Å². The second kappa shape index (κ2) is 5.53. The Hall–Kier alpha value is -1.41. The largest absolute Gasteiger partial charge is 0.334 e. The molecule has 0 unspecified atom stereocenters. The summed E-state index contributed by atoms with van der Waals surface area (Å²) < 4.78 is 23.4. The van der Waals surface area contributed by atoms with Gasteiger partial charge in [-0.05, 0) is 25.7 Å². The Labute approximate surface area is 118 Å². The second-order valence-corrected chi connectivity index (χ2v) is 6.51. The molecular formula is C12H20N4O3S. The molecule has 0 bridgehead atoms. The number of H-pyrrole nitrogens is 1. The second-order valence-electron chi connectivity index (χ2n) is 5.01. The van der Waals surface area contributed by atoms with Crippen molar-refractivity contribution in [1.82, 2.24) is 15.1 Å². The summed E-state index contributed by atoms with van der Waals surface area (Å²) in [6, 6.07) is 0.206. The maximum atomic E-state index is 12.5. The first-order valence-corrected chi connectivity index (χ1v) is 8.35. The van der Waals surface area contributed by atoms with Crippen molar-refractivity contribution in [1.29, 1.82) is 0 Å². The summed E-state index contributed by atoms with van der Waals surface area (Å²) in [6.07, 6.45) is 3.16. The van der Waals surface area contributed by atoms with Gasteiger partial charge in [-0.2, -0.15) is 5.10 Å². The van der Waals surface area contributed by atoms with Gasteiger partial charge >= 0.3 is 0 Å². The lowest BCUT2D eigenvalue weighted by Gasteiger charge is -2.20. The maximum Gasteiger partial charge on any atom is 0.276 e. The topological polar surface area (TPSA) is 109 Å². The van der Waals surface area contributed by atoms with E-state index in [1.165, 1.54) is 0 Å². The highest BCUT2D eigenvalue weighted by Gasteiger charge is 2.36. The van der Waals surface area contributed by atoms with Crippen LogP contribution in [-0.2, 0) is 16.4 Å². The van der Waals surface area contributed by atoms with Gasteiger partial charge in [-0.1, -0.05) is 13.8 Å². The Kier molecular flexibility index (Phi) is 4.14. The zero-order valence-corrected chi connectivity index (χ0v) is 12.5. The number of carbonyl (C=O) groups is 1. The summed E-state index contributed by atoms with van der Waals surface area (Å²) in [4.78, 5) is 14.1. The lowest BCUT2D eigenvalue weighted by molar-refractivity contribution is 0.0733. The number of rotatable bonds is 6. The summed E-state index contributed by atoms with van der Waals surface area (Å²) in [5.41, 5.74) is 0.299. The molecule has 1 aliphatic rings. The molecule has 1 amide bonds. The fourth-order valence-electron chi connectivity index (χ4n) is 2.27. The van der Waals surface area contributed by atoms with Gasteiger partial charge in [-0.15, -0.1) is 0 Å². The first kappa shape index (κ1) is 15.0. The van der Waals surface area contributed by atoms with Crippen LogP contribution >= 0.6 is 0 Å². The van der Waals surface area contributed by atoms with Crippen molar-refractivity contribution in [3.8, 4) is 0 Å². The van der Waals surface area contributed by atoms with Gasteiger partial charge in [0.2, 0.25) is 10.0 Å². The van der Waals surface area contributed by atoms with E-state index < -0.39 is 10.0 Å². The summed E-state index contributed by atoms with van der Waals surface area (Å²) in [5.74, 6) is -0.352. The molecule has 0 atom stereocenters. The third-order valence-corrected chi connectivity index (χ3v) is 4.35. The molecule has 1 fully saturated rings. The number of nitrogens with one attached hydrogen (secondary N) is 1. The molecule has 3 N–H and O–H groups in total. The molecule has 8 heteroatoms. The molecule has 1 heterocycles. The minimum atomic E-state index is -3.97. The lowest BCUT2D eigenvalue weighted by atomic mass is 10.2. The van der Waals surface area contributed by atoms with Gasteiger partial charge in [0.05, 0.1) is 5.69 Å². The first-order valence-electron chi connectivity index (χ1n) is 6.81. The van der Waals surface area contributed by atoms with Gasteiger partial charge in [0.15, 0.2) is 5.69 Å². The lowest BCUT2D eigenvalue weighted by Crippen LogP contribution is -2.35. The third-order valence-electron chi connectivity index (χ3n) is 3.35. The number of sulfonamides is 1. The van der Waals surface area contributed by atoms with E-state index in [0.717, 1.165) is 19.3 Å². The Morgan fingerprint density at radius 1 is 1.45 bits per heavy atom. The van der Waals surface area contributed by atoms with E-state index in [1.807, 2.05) is 6.92 Å². The number of hydrogen-bond acceptors (Lipinski definition) is 4. The predicted octanol–water partition coefficient (Wildman–Crippen LogP) is 0.634. The number of nitrogens with two attached hydrogens (primary N) is 1. The van der Waals surface area contributed by atoms with Crippen LogP contribution in [0.25, 0.3) is 0 Å². The van der Waals surface area contributed by atoms with E-state index in [0.29, 0.717) is 18.7 Å². The molecule has 1 aromatic heterocycles. The normalized spacial score (nSPS) is 15.3. The van der Waals surface area contributed by atoms with Crippen LogP contribution in [0.4, 0.5) is 0 Å². The highest BCUT2D eigenvalue weighted by Crippen LogP contribution is 2.29. The van der Waals surface area contributed by atoms with Crippen LogP contribution in [0.3, 0.4) is 0 Å². The van der Waals surface area contributed by atoms with Gasteiger partial charge in [-0.3, -0.25) is 9.89 Å². The number of primary sulfonamides is 1. The van der Waals surface area contributed by atoms with Crippen molar-refractivity contribution in [3.05, 3.63) is 11.4 Å². The van der Waals surface area contributed by atoms with Crippen LogP contribution in [0.2, 0.25) is 0 Å². The maximum absolute atomic E-state index is 12.5. The van der Waals surface area contributed by atoms with Crippen molar-refractivity contribution in [2.24, 2.45) is 5.14 Å². The molecular weight excluding hydrogens is 280 g/mol. The number of nitrogens with zero attached hydrogens (tertiary/aromatic N) is 2. The minimum absolute atomic E-state index is 0.0790. The zero-order valence-electron chi connectivity index (χ0n) is 11.7. The third kappa shape index (κ3) is 2.85. The van der Waals surface area contributed by atoms with Crippen LogP contribution < -0.4 is 5.14 Å². The number of hydrogen-bond donors (Lipinski definition) is 2. The minimum Gasteiger partial charge on any atom is -0.334 e. The molecule has 0 saturated heterocycles. The van der Waals surface area contributed by atoms with E-state index in [4.69, 9.17) is 5.14 Å². The zero-order chi connectivity index (χ0) is 14.9. The molecule has 1 aliphatic carbocycles. The standard InChI is InChI=1S/C12H20N4O3S/c1-3-7-16(8-5-6-8)12(17)10-11(20(13,18)19)9(4-2)14-15-10/h8H,3-7H2,1-2H3,(H,14,15)(H2,13,18,19). The van der Waals surface area contributed by atoms with E-state index in [1.54, 1.807) is 11.8 Å². The molecule has 112 valence electrons. The average molecular weight is 300 g/mol. The van der Waals surface area contributed by atoms with Gasteiger partial charge in [0, 0.05) is 12.6 Å². The highest BCUT2D eigenvalue weighted by atomic mass is 32.2. The van der Waals surface area contributed by atoms with Crippen molar-refractivity contribution in [2.75, 3.05) is 6.54 Å². The summed E-state index contributed by atoms with van der Waals surface area (Å²) in [5, 5.41) is 11.7. The Morgan fingerprint density at radius 3 is 2.55 bits per heavy atom. The molecule has 1 aromatic rings. The van der Waals surface area contributed by atoms with E-state index in [2.05, 4.69) is 10.2 Å². The number of aryl methyl sites for hydroxylation is 1. The fraction of sp³-hybridized carbons (Fsp3) is 0.667.